The van der Waals surface area contributed by atoms with Gasteiger partial charge in [-0.3, -0.25) is 4.79 Å². The molecule has 0 radical (unpaired) electrons. The number of rotatable bonds is 3. The number of benzene rings is 1. The number of Topliss-reactive ketones (excluding diaryl/α,β-unsaturated/α-hetero) is 1. The van der Waals surface area contributed by atoms with Gasteiger partial charge in [0.05, 0.1) is 7.11 Å². The van der Waals surface area contributed by atoms with Crippen molar-refractivity contribution in [3.05, 3.63) is 29.3 Å². The van der Waals surface area contributed by atoms with E-state index in [0.717, 1.165) is 29.7 Å². The zero-order valence-electron chi connectivity index (χ0n) is 11.6. The Bertz CT molecular complexity index is 442. The highest BCUT2D eigenvalue weighted by Crippen LogP contribution is 2.39. The van der Waals surface area contributed by atoms with E-state index in [1.165, 1.54) is 19.3 Å². The summed E-state index contributed by atoms with van der Waals surface area (Å²) in [4.78, 5) is 12.7. The molecule has 0 atom stereocenters. The van der Waals surface area contributed by atoms with Crippen molar-refractivity contribution < 1.29 is 9.53 Å². The third kappa shape index (κ3) is 2.43. The van der Waals surface area contributed by atoms with Crippen LogP contribution in [0.25, 0.3) is 0 Å². The van der Waals surface area contributed by atoms with E-state index >= 15 is 0 Å². The Hall–Kier alpha value is -1.31. The zero-order valence-corrected chi connectivity index (χ0v) is 11.6. The zero-order chi connectivity index (χ0) is 13.2. The van der Waals surface area contributed by atoms with Crippen molar-refractivity contribution in [1.82, 2.24) is 0 Å². The van der Waals surface area contributed by atoms with E-state index in [9.17, 15) is 4.79 Å². The molecule has 1 aliphatic rings. The molecule has 98 valence electrons. The van der Waals surface area contributed by atoms with Crippen LogP contribution in [0, 0.1) is 12.3 Å². The van der Waals surface area contributed by atoms with E-state index in [2.05, 4.69) is 6.92 Å². The summed E-state index contributed by atoms with van der Waals surface area (Å²) in [5.74, 6) is 1.13. The predicted octanol–water partition coefficient (Wildman–Crippen LogP) is 4.16. The molecule has 1 saturated carbocycles. The topological polar surface area (TPSA) is 26.3 Å². The SMILES string of the molecule is COc1ccc(C(=O)C2(C)CCCCC2)c(C)c1. The van der Waals surface area contributed by atoms with Crippen molar-refractivity contribution in [2.45, 2.75) is 46.0 Å². The van der Waals surface area contributed by atoms with Gasteiger partial charge in [-0.05, 0) is 43.5 Å². The van der Waals surface area contributed by atoms with Crippen molar-refractivity contribution >= 4 is 5.78 Å². The first-order valence-corrected chi connectivity index (χ1v) is 6.76. The summed E-state index contributed by atoms with van der Waals surface area (Å²) in [6.07, 6.45) is 5.67. The Morgan fingerprint density at radius 3 is 2.44 bits per heavy atom. The summed E-state index contributed by atoms with van der Waals surface area (Å²) in [6, 6.07) is 5.74. The third-order valence-electron chi connectivity index (χ3n) is 4.18. The Labute approximate surface area is 109 Å². The minimum atomic E-state index is -0.155. The molecule has 0 bridgehead atoms. The van der Waals surface area contributed by atoms with Gasteiger partial charge in [-0.1, -0.05) is 26.2 Å². The van der Waals surface area contributed by atoms with Crippen molar-refractivity contribution in [3.63, 3.8) is 0 Å². The lowest BCUT2D eigenvalue weighted by molar-refractivity contribution is 0.0749. The molecule has 0 aliphatic heterocycles. The lowest BCUT2D eigenvalue weighted by Gasteiger charge is -2.32. The molecule has 0 heterocycles. The van der Waals surface area contributed by atoms with Crippen molar-refractivity contribution in [3.8, 4) is 5.75 Å². The maximum absolute atomic E-state index is 12.7. The molecule has 2 nitrogen and oxygen atoms in total. The summed E-state index contributed by atoms with van der Waals surface area (Å²) in [6.45, 7) is 4.11. The molecule has 1 aromatic carbocycles. The van der Waals surface area contributed by atoms with E-state index < -0.39 is 0 Å². The minimum Gasteiger partial charge on any atom is -0.497 e. The van der Waals surface area contributed by atoms with Crippen LogP contribution in [0.15, 0.2) is 18.2 Å². The normalized spacial score (nSPS) is 18.4. The Balaban J connectivity index is 2.28. The van der Waals surface area contributed by atoms with Crippen LogP contribution in [0.5, 0.6) is 5.75 Å². The van der Waals surface area contributed by atoms with Gasteiger partial charge in [0.25, 0.3) is 0 Å². The molecule has 0 unspecified atom stereocenters. The van der Waals surface area contributed by atoms with Gasteiger partial charge in [0, 0.05) is 11.0 Å². The maximum atomic E-state index is 12.7. The fraction of sp³-hybridized carbons (Fsp3) is 0.562. The average molecular weight is 246 g/mol. The number of hydrogen-bond donors (Lipinski definition) is 0. The molecule has 1 aliphatic carbocycles. The molecular formula is C16H22O2. The van der Waals surface area contributed by atoms with Crippen LogP contribution < -0.4 is 4.74 Å². The standard InChI is InChI=1S/C16H22O2/c1-12-11-13(18-3)7-8-14(12)15(17)16(2)9-5-4-6-10-16/h7-8,11H,4-6,9-10H2,1-3H3. The molecule has 0 amide bonds. The van der Waals surface area contributed by atoms with Gasteiger partial charge in [0.2, 0.25) is 0 Å². The number of ether oxygens (including phenoxy) is 1. The third-order valence-corrected chi connectivity index (χ3v) is 4.18. The average Bonchev–Trinajstić information content (AvgIpc) is 2.38. The highest BCUT2D eigenvalue weighted by molar-refractivity contribution is 6.01. The van der Waals surface area contributed by atoms with E-state index in [0.29, 0.717) is 5.78 Å². The van der Waals surface area contributed by atoms with Gasteiger partial charge in [-0.15, -0.1) is 0 Å². The number of carbonyl (C=O) groups excluding carboxylic acids is 1. The van der Waals surface area contributed by atoms with Crippen LogP contribution in [0.3, 0.4) is 0 Å². The number of ketones is 1. The summed E-state index contributed by atoms with van der Waals surface area (Å²) in [5.41, 5.74) is 1.73. The lowest BCUT2D eigenvalue weighted by Crippen LogP contribution is -2.30. The van der Waals surface area contributed by atoms with Crippen LogP contribution in [0.1, 0.15) is 54.9 Å². The van der Waals surface area contributed by atoms with E-state index in [1.807, 2.05) is 25.1 Å². The summed E-state index contributed by atoms with van der Waals surface area (Å²) < 4.78 is 5.19. The molecular weight excluding hydrogens is 224 g/mol. The van der Waals surface area contributed by atoms with Crippen molar-refractivity contribution in [1.29, 1.82) is 0 Å². The fourth-order valence-electron chi connectivity index (χ4n) is 2.90. The molecule has 0 N–H and O–H groups in total. The van der Waals surface area contributed by atoms with Crippen LogP contribution in [-0.2, 0) is 0 Å². The quantitative estimate of drug-likeness (QED) is 0.749. The highest BCUT2D eigenvalue weighted by atomic mass is 16.5. The largest absolute Gasteiger partial charge is 0.497 e. The first kappa shape index (κ1) is 13.1. The first-order chi connectivity index (χ1) is 8.57. The molecule has 0 saturated heterocycles. The number of hydrogen-bond acceptors (Lipinski definition) is 2. The predicted molar refractivity (Wildman–Crippen MR) is 73.3 cm³/mol. The summed E-state index contributed by atoms with van der Waals surface area (Å²) in [5, 5.41) is 0. The summed E-state index contributed by atoms with van der Waals surface area (Å²) >= 11 is 0. The summed E-state index contributed by atoms with van der Waals surface area (Å²) in [7, 11) is 1.65. The van der Waals surface area contributed by atoms with Gasteiger partial charge in [-0.2, -0.15) is 0 Å². The van der Waals surface area contributed by atoms with Crippen LogP contribution >= 0.6 is 0 Å². The Kier molecular flexibility index (Phi) is 3.74. The Morgan fingerprint density at radius 2 is 1.89 bits per heavy atom. The lowest BCUT2D eigenvalue weighted by atomic mass is 9.70. The van der Waals surface area contributed by atoms with Gasteiger partial charge < -0.3 is 4.74 Å². The number of carbonyl (C=O) groups is 1. The van der Waals surface area contributed by atoms with Crippen molar-refractivity contribution in [2.24, 2.45) is 5.41 Å². The van der Waals surface area contributed by atoms with Crippen molar-refractivity contribution in [2.75, 3.05) is 7.11 Å². The van der Waals surface area contributed by atoms with E-state index in [1.54, 1.807) is 7.11 Å². The van der Waals surface area contributed by atoms with Crippen LogP contribution in [0.2, 0.25) is 0 Å². The van der Waals surface area contributed by atoms with Crippen LogP contribution in [0.4, 0.5) is 0 Å². The maximum Gasteiger partial charge on any atom is 0.168 e. The van der Waals surface area contributed by atoms with Gasteiger partial charge in [-0.25, -0.2) is 0 Å². The van der Waals surface area contributed by atoms with Crippen LogP contribution in [-0.4, -0.2) is 12.9 Å². The Morgan fingerprint density at radius 1 is 1.22 bits per heavy atom. The second-order valence-corrected chi connectivity index (χ2v) is 5.63. The minimum absolute atomic E-state index is 0.155. The van der Waals surface area contributed by atoms with E-state index in [-0.39, 0.29) is 5.41 Å². The molecule has 2 rings (SSSR count). The fourth-order valence-corrected chi connectivity index (χ4v) is 2.90. The second kappa shape index (κ2) is 5.13. The monoisotopic (exact) mass is 246 g/mol. The number of methoxy groups -OCH3 is 1. The van der Waals surface area contributed by atoms with E-state index in [4.69, 9.17) is 4.74 Å². The highest BCUT2D eigenvalue weighted by Gasteiger charge is 2.35. The molecule has 0 spiro atoms. The smallest absolute Gasteiger partial charge is 0.168 e. The molecule has 1 fully saturated rings. The molecule has 0 aromatic heterocycles. The molecule has 18 heavy (non-hydrogen) atoms. The first-order valence-electron chi connectivity index (χ1n) is 6.76. The second-order valence-electron chi connectivity index (χ2n) is 5.63. The molecule has 2 heteroatoms. The van der Waals surface area contributed by atoms with Gasteiger partial charge in [0.1, 0.15) is 5.75 Å². The number of aryl methyl sites for hydroxylation is 1. The molecule has 1 aromatic rings. The van der Waals surface area contributed by atoms with Gasteiger partial charge in [0.15, 0.2) is 5.78 Å². The van der Waals surface area contributed by atoms with Gasteiger partial charge >= 0.3 is 0 Å².